The zero-order valence-electron chi connectivity index (χ0n) is 9.05. The molecule has 0 atom stereocenters. The average Bonchev–Trinajstić information content (AvgIpc) is 2.04. The van der Waals surface area contributed by atoms with Crippen LogP contribution in [-0.4, -0.2) is 21.8 Å². The van der Waals surface area contributed by atoms with Crippen LogP contribution in [0.4, 0.5) is 0 Å². The normalized spacial score (nSPS) is 11.9. The number of H-pyrrole nitrogens is 2. The van der Waals surface area contributed by atoms with Gasteiger partial charge >= 0.3 is 5.97 Å². The molecule has 1 heterocycles. The van der Waals surface area contributed by atoms with Crippen molar-refractivity contribution in [2.75, 3.05) is 0 Å². The van der Waals surface area contributed by atoms with E-state index in [1.54, 1.807) is 12.1 Å². The molecule has 0 bridgehead atoms. The molecule has 1 aromatic heterocycles. The highest BCUT2D eigenvalue weighted by Crippen LogP contribution is 2.16. The van der Waals surface area contributed by atoms with E-state index in [0.717, 1.165) is 11.0 Å². The molecule has 4 heteroatoms. The fourth-order valence-electron chi connectivity index (χ4n) is 1.29. The maximum absolute atomic E-state index is 11.7. The molecule has 4 nitrogen and oxygen atoms in total. The van der Waals surface area contributed by atoms with E-state index >= 15 is 0 Å². The second-order valence-corrected chi connectivity index (χ2v) is 4.51. The van der Waals surface area contributed by atoms with Gasteiger partial charge in [0.15, 0.2) is 0 Å². The molecule has 0 fully saturated rings. The van der Waals surface area contributed by atoms with Crippen LogP contribution in [-0.2, 0) is 4.74 Å². The molecule has 2 rings (SSSR count). The van der Waals surface area contributed by atoms with E-state index in [-0.39, 0.29) is 5.97 Å². The summed E-state index contributed by atoms with van der Waals surface area (Å²) in [6.07, 6.45) is 0. The summed E-state index contributed by atoms with van der Waals surface area (Å²) in [7, 11) is 0. The Morgan fingerprint density at radius 3 is 2.33 bits per heavy atom. The van der Waals surface area contributed by atoms with Crippen LogP contribution in [0.5, 0.6) is 0 Å². The number of hydrogen-bond donors (Lipinski definition) is 2. The number of carbonyl (C=O) groups is 1. The molecular weight excluding hydrogens is 192 g/mol. The second-order valence-electron chi connectivity index (χ2n) is 4.51. The molecule has 0 saturated heterocycles. The lowest BCUT2D eigenvalue weighted by molar-refractivity contribution is 0.00697. The van der Waals surface area contributed by atoms with Crippen molar-refractivity contribution in [3.63, 3.8) is 0 Å². The number of carbonyl (C=O) groups excluding carboxylic acids is 1. The summed E-state index contributed by atoms with van der Waals surface area (Å²) in [6, 6.07) is 5.38. The Balaban J connectivity index is 2.21. The minimum atomic E-state index is -0.453. The van der Waals surface area contributed by atoms with E-state index in [2.05, 4.69) is 10.2 Å². The standard InChI is InChI=1S/C11H14N2O2/c1-11(2,3)15-10(14)7-4-5-8-9(6-7)13-12-8/h4-6,12-13H,1-3H3. The first-order chi connectivity index (χ1) is 6.96. The third kappa shape index (κ3) is 2.03. The van der Waals surface area contributed by atoms with E-state index in [0.29, 0.717) is 5.56 Å². The first kappa shape index (κ1) is 9.83. The zero-order valence-corrected chi connectivity index (χ0v) is 9.05. The van der Waals surface area contributed by atoms with Gasteiger partial charge in [0.05, 0.1) is 16.6 Å². The van der Waals surface area contributed by atoms with Gasteiger partial charge in [0.1, 0.15) is 5.60 Å². The molecule has 0 aliphatic rings. The summed E-state index contributed by atoms with van der Waals surface area (Å²) in [5, 5.41) is 5.79. The fraction of sp³-hybridized carbons (Fsp3) is 0.364. The molecule has 0 aliphatic carbocycles. The summed E-state index contributed by atoms with van der Waals surface area (Å²) < 4.78 is 5.26. The molecule has 0 unspecified atom stereocenters. The maximum atomic E-state index is 11.7. The number of fused-ring (bicyclic) bond motifs is 1. The first-order valence-electron chi connectivity index (χ1n) is 4.85. The smallest absolute Gasteiger partial charge is 0.338 e. The van der Waals surface area contributed by atoms with Crippen molar-refractivity contribution in [2.45, 2.75) is 26.4 Å². The molecule has 80 valence electrons. The van der Waals surface area contributed by atoms with Crippen LogP contribution in [0.25, 0.3) is 11.0 Å². The Bertz CT molecular complexity index is 488. The van der Waals surface area contributed by atoms with Crippen LogP contribution in [0, 0.1) is 0 Å². The van der Waals surface area contributed by atoms with Gasteiger partial charge in [-0.1, -0.05) is 0 Å². The highest BCUT2D eigenvalue weighted by Gasteiger charge is 2.18. The van der Waals surface area contributed by atoms with Crippen molar-refractivity contribution < 1.29 is 9.53 Å². The van der Waals surface area contributed by atoms with Gasteiger partial charge in [-0.15, -0.1) is 0 Å². The summed E-state index contributed by atoms with van der Waals surface area (Å²) >= 11 is 0. The number of benzene rings is 1. The second kappa shape index (κ2) is 3.15. The minimum absolute atomic E-state index is 0.293. The van der Waals surface area contributed by atoms with Crippen molar-refractivity contribution in [1.82, 2.24) is 10.2 Å². The molecule has 2 N–H and O–H groups in total. The van der Waals surface area contributed by atoms with E-state index < -0.39 is 5.60 Å². The Hall–Kier alpha value is -1.71. The highest BCUT2D eigenvalue weighted by molar-refractivity contribution is 5.94. The molecule has 1 aromatic carbocycles. The van der Waals surface area contributed by atoms with Crippen LogP contribution in [0.3, 0.4) is 0 Å². The Labute approximate surface area is 87.6 Å². The largest absolute Gasteiger partial charge is 0.456 e. The highest BCUT2D eigenvalue weighted by atomic mass is 16.6. The lowest BCUT2D eigenvalue weighted by Gasteiger charge is -2.19. The van der Waals surface area contributed by atoms with Crippen LogP contribution in [0.1, 0.15) is 31.1 Å². The number of ether oxygens (including phenoxy) is 1. The van der Waals surface area contributed by atoms with Gasteiger partial charge in [-0.3, -0.25) is 10.2 Å². The maximum Gasteiger partial charge on any atom is 0.338 e. The van der Waals surface area contributed by atoms with Gasteiger partial charge in [0.25, 0.3) is 0 Å². The Kier molecular flexibility index (Phi) is 2.07. The monoisotopic (exact) mass is 206 g/mol. The lowest BCUT2D eigenvalue weighted by Crippen LogP contribution is -2.23. The van der Waals surface area contributed by atoms with Gasteiger partial charge < -0.3 is 4.74 Å². The number of aromatic nitrogens is 2. The topological polar surface area (TPSA) is 57.9 Å². The average molecular weight is 206 g/mol. The van der Waals surface area contributed by atoms with Crippen LogP contribution >= 0.6 is 0 Å². The van der Waals surface area contributed by atoms with Gasteiger partial charge in [-0.2, -0.15) is 0 Å². The van der Waals surface area contributed by atoms with Gasteiger partial charge in [0, 0.05) is 0 Å². The van der Waals surface area contributed by atoms with E-state index in [1.165, 1.54) is 0 Å². The quantitative estimate of drug-likeness (QED) is 0.704. The van der Waals surface area contributed by atoms with Crippen molar-refractivity contribution in [1.29, 1.82) is 0 Å². The first-order valence-corrected chi connectivity index (χ1v) is 4.85. The fourth-order valence-corrected chi connectivity index (χ4v) is 1.29. The molecule has 2 aromatic rings. The summed E-state index contributed by atoms with van der Waals surface area (Å²) in [4.78, 5) is 11.7. The number of nitrogens with one attached hydrogen (secondary N) is 2. The lowest BCUT2D eigenvalue weighted by atomic mass is 10.1. The molecule has 0 amide bonds. The predicted octanol–water partition coefficient (Wildman–Crippen LogP) is 2.45. The molecule has 15 heavy (non-hydrogen) atoms. The Morgan fingerprint density at radius 2 is 1.87 bits per heavy atom. The molecule has 0 aliphatic heterocycles. The van der Waals surface area contributed by atoms with Gasteiger partial charge in [0.2, 0.25) is 0 Å². The van der Waals surface area contributed by atoms with Crippen molar-refractivity contribution >= 4 is 17.0 Å². The Morgan fingerprint density at radius 1 is 1.20 bits per heavy atom. The number of esters is 1. The van der Waals surface area contributed by atoms with E-state index in [4.69, 9.17) is 4.74 Å². The van der Waals surface area contributed by atoms with Crippen molar-refractivity contribution in [3.8, 4) is 0 Å². The third-order valence-corrected chi connectivity index (χ3v) is 1.99. The molecular formula is C11H14N2O2. The summed E-state index contributed by atoms with van der Waals surface area (Å²) in [5.41, 5.74) is 2.05. The summed E-state index contributed by atoms with van der Waals surface area (Å²) in [6.45, 7) is 5.56. The molecule has 0 spiro atoms. The van der Waals surface area contributed by atoms with Crippen LogP contribution in [0.2, 0.25) is 0 Å². The van der Waals surface area contributed by atoms with Crippen LogP contribution < -0.4 is 0 Å². The molecule has 0 radical (unpaired) electrons. The van der Waals surface area contributed by atoms with E-state index in [1.807, 2.05) is 26.8 Å². The van der Waals surface area contributed by atoms with Crippen molar-refractivity contribution in [2.24, 2.45) is 0 Å². The number of hydrogen-bond acceptors (Lipinski definition) is 2. The molecule has 0 saturated carbocycles. The third-order valence-electron chi connectivity index (χ3n) is 1.99. The minimum Gasteiger partial charge on any atom is -0.456 e. The number of rotatable bonds is 1. The van der Waals surface area contributed by atoms with Gasteiger partial charge in [-0.25, -0.2) is 4.79 Å². The van der Waals surface area contributed by atoms with Crippen LogP contribution in [0.15, 0.2) is 18.2 Å². The van der Waals surface area contributed by atoms with Crippen molar-refractivity contribution in [3.05, 3.63) is 23.8 Å². The zero-order chi connectivity index (χ0) is 11.1. The predicted molar refractivity (Wildman–Crippen MR) is 57.8 cm³/mol. The SMILES string of the molecule is CC(C)(C)OC(=O)c1ccc2[nH][nH]c2c1. The van der Waals surface area contributed by atoms with Gasteiger partial charge in [-0.05, 0) is 39.0 Å². The number of aromatic amines is 2. The summed E-state index contributed by atoms with van der Waals surface area (Å²) in [5.74, 6) is -0.293. The van der Waals surface area contributed by atoms with E-state index in [9.17, 15) is 4.79 Å².